The Morgan fingerprint density at radius 2 is 1.82 bits per heavy atom. The van der Waals surface area contributed by atoms with Gasteiger partial charge in [0.25, 0.3) is 0 Å². The first kappa shape index (κ1) is 18.9. The maximum Gasteiger partial charge on any atom is 0.222 e. The molecular formula is C22H25N3O2S. The van der Waals surface area contributed by atoms with Crippen molar-refractivity contribution in [3.63, 3.8) is 0 Å². The number of methoxy groups -OCH3 is 1. The van der Waals surface area contributed by atoms with Crippen molar-refractivity contribution < 1.29 is 9.53 Å². The molecule has 3 aromatic rings. The number of thiazole rings is 1. The summed E-state index contributed by atoms with van der Waals surface area (Å²) in [6, 6.07) is 16.2. The zero-order valence-corrected chi connectivity index (χ0v) is 17.0. The number of benzene rings is 2. The normalized spacial score (nSPS) is 15.1. The number of rotatable bonds is 6. The molecule has 1 aromatic heterocycles. The lowest BCUT2D eigenvalue weighted by Gasteiger charge is -2.34. The Kier molecular flexibility index (Phi) is 5.88. The van der Waals surface area contributed by atoms with Crippen LogP contribution in [0.15, 0.2) is 48.5 Å². The summed E-state index contributed by atoms with van der Waals surface area (Å²) in [7, 11) is 1.67. The average molecular weight is 396 g/mol. The van der Waals surface area contributed by atoms with Crippen LogP contribution in [0.1, 0.15) is 17.0 Å². The molecule has 0 aliphatic carbocycles. The fourth-order valence-corrected chi connectivity index (χ4v) is 4.65. The van der Waals surface area contributed by atoms with Crippen LogP contribution in [0.3, 0.4) is 0 Å². The molecule has 0 saturated carbocycles. The third-order valence-electron chi connectivity index (χ3n) is 5.22. The second kappa shape index (κ2) is 8.71. The van der Waals surface area contributed by atoms with Gasteiger partial charge < -0.3 is 9.64 Å². The van der Waals surface area contributed by atoms with Gasteiger partial charge in [-0.2, -0.15) is 0 Å². The van der Waals surface area contributed by atoms with Crippen LogP contribution in [0, 0.1) is 0 Å². The highest BCUT2D eigenvalue weighted by molar-refractivity contribution is 7.18. The fraction of sp³-hybridized carbons (Fsp3) is 0.364. The van der Waals surface area contributed by atoms with E-state index < -0.39 is 0 Å². The molecule has 0 unspecified atom stereocenters. The summed E-state index contributed by atoms with van der Waals surface area (Å²) in [6.45, 7) is 4.24. The van der Waals surface area contributed by atoms with Crippen LogP contribution in [-0.4, -0.2) is 54.0 Å². The van der Waals surface area contributed by atoms with E-state index in [2.05, 4.69) is 23.1 Å². The zero-order valence-electron chi connectivity index (χ0n) is 16.1. The van der Waals surface area contributed by atoms with E-state index in [9.17, 15) is 4.79 Å². The van der Waals surface area contributed by atoms with Crippen molar-refractivity contribution in [1.29, 1.82) is 0 Å². The largest absolute Gasteiger partial charge is 0.496 e. The van der Waals surface area contributed by atoms with Crippen LogP contribution in [0.2, 0.25) is 0 Å². The minimum atomic E-state index is 0.227. The number of aromatic nitrogens is 1. The first-order chi connectivity index (χ1) is 13.7. The van der Waals surface area contributed by atoms with Gasteiger partial charge in [0.05, 0.1) is 23.9 Å². The van der Waals surface area contributed by atoms with Crippen molar-refractivity contribution in [2.45, 2.75) is 19.4 Å². The van der Waals surface area contributed by atoms with Crippen LogP contribution in [0.5, 0.6) is 5.75 Å². The van der Waals surface area contributed by atoms with E-state index in [1.54, 1.807) is 18.4 Å². The van der Waals surface area contributed by atoms with Crippen molar-refractivity contribution >= 4 is 27.5 Å². The summed E-state index contributed by atoms with van der Waals surface area (Å²) in [5, 5.41) is 1.15. The van der Waals surface area contributed by atoms with Crippen LogP contribution in [-0.2, 0) is 17.8 Å². The number of hydrogen-bond acceptors (Lipinski definition) is 5. The standard InChI is InChI=1S/C22H25N3O2S/c1-27-19-8-4-2-6-17(19)10-11-22(26)25-14-12-24(13-15-25)16-21-23-18-7-3-5-9-20(18)28-21/h2-9H,10-16H2,1H3. The molecule has 6 heteroatoms. The van der Waals surface area contributed by atoms with E-state index in [1.807, 2.05) is 35.2 Å². The van der Waals surface area contributed by atoms with E-state index in [1.165, 1.54) is 4.70 Å². The first-order valence-corrected chi connectivity index (χ1v) is 10.5. The molecular weight excluding hydrogens is 370 g/mol. The molecule has 0 spiro atoms. The predicted octanol–water partition coefficient (Wildman–Crippen LogP) is 3.58. The summed E-state index contributed by atoms with van der Waals surface area (Å²) < 4.78 is 6.62. The van der Waals surface area contributed by atoms with Crippen molar-refractivity contribution in [3.05, 3.63) is 59.1 Å². The number of carbonyl (C=O) groups excluding carboxylic acids is 1. The smallest absolute Gasteiger partial charge is 0.222 e. The van der Waals surface area contributed by atoms with Crippen molar-refractivity contribution in [1.82, 2.24) is 14.8 Å². The highest BCUT2D eigenvalue weighted by Gasteiger charge is 2.22. The number of fused-ring (bicyclic) bond motifs is 1. The average Bonchev–Trinajstić information content (AvgIpc) is 3.15. The zero-order chi connectivity index (χ0) is 19.3. The van der Waals surface area contributed by atoms with Crippen LogP contribution in [0.25, 0.3) is 10.2 Å². The Labute approximate surface area is 169 Å². The van der Waals surface area contributed by atoms with Gasteiger partial charge in [0, 0.05) is 32.6 Å². The molecule has 0 bridgehead atoms. The first-order valence-electron chi connectivity index (χ1n) is 9.69. The number of aryl methyl sites for hydroxylation is 1. The van der Waals surface area contributed by atoms with Crippen LogP contribution < -0.4 is 4.74 Å². The predicted molar refractivity (Wildman–Crippen MR) is 113 cm³/mol. The molecule has 0 atom stereocenters. The summed E-state index contributed by atoms with van der Waals surface area (Å²) in [4.78, 5) is 21.7. The Morgan fingerprint density at radius 3 is 2.61 bits per heavy atom. The molecule has 2 aromatic carbocycles. The molecule has 5 nitrogen and oxygen atoms in total. The Hall–Kier alpha value is -2.44. The fourth-order valence-electron chi connectivity index (χ4n) is 3.64. The Morgan fingerprint density at radius 1 is 1.07 bits per heavy atom. The van der Waals surface area contributed by atoms with Gasteiger partial charge in [0.1, 0.15) is 10.8 Å². The molecule has 146 valence electrons. The molecule has 1 saturated heterocycles. The second-order valence-corrected chi connectivity index (χ2v) is 8.16. The van der Waals surface area contributed by atoms with Gasteiger partial charge in [0.15, 0.2) is 0 Å². The van der Waals surface area contributed by atoms with E-state index in [0.717, 1.165) is 61.0 Å². The quantitative estimate of drug-likeness (QED) is 0.640. The minimum absolute atomic E-state index is 0.227. The van der Waals surface area contributed by atoms with Gasteiger partial charge >= 0.3 is 0 Å². The molecule has 28 heavy (non-hydrogen) atoms. The number of ether oxygens (including phenoxy) is 1. The number of carbonyl (C=O) groups is 1. The van der Waals surface area contributed by atoms with Gasteiger partial charge in [-0.1, -0.05) is 30.3 Å². The van der Waals surface area contributed by atoms with Gasteiger partial charge in [-0.15, -0.1) is 11.3 Å². The lowest BCUT2D eigenvalue weighted by molar-refractivity contribution is -0.133. The van der Waals surface area contributed by atoms with Crippen LogP contribution >= 0.6 is 11.3 Å². The molecule has 0 N–H and O–H groups in total. The lowest BCUT2D eigenvalue weighted by Crippen LogP contribution is -2.48. The topological polar surface area (TPSA) is 45.7 Å². The molecule has 1 fully saturated rings. The number of amides is 1. The van der Waals surface area contributed by atoms with Crippen molar-refractivity contribution in [3.8, 4) is 5.75 Å². The van der Waals surface area contributed by atoms with E-state index >= 15 is 0 Å². The maximum absolute atomic E-state index is 12.6. The van der Waals surface area contributed by atoms with E-state index in [0.29, 0.717) is 6.42 Å². The van der Waals surface area contributed by atoms with Crippen molar-refractivity contribution in [2.24, 2.45) is 0 Å². The van der Waals surface area contributed by atoms with Crippen molar-refractivity contribution in [2.75, 3.05) is 33.3 Å². The second-order valence-electron chi connectivity index (χ2n) is 7.04. The molecule has 2 heterocycles. The van der Waals surface area contributed by atoms with E-state index in [-0.39, 0.29) is 5.91 Å². The van der Waals surface area contributed by atoms with Crippen LogP contribution in [0.4, 0.5) is 0 Å². The number of hydrogen-bond donors (Lipinski definition) is 0. The lowest BCUT2D eigenvalue weighted by atomic mass is 10.1. The highest BCUT2D eigenvalue weighted by Crippen LogP contribution is 2.23. The van der Waals surface area contributed by atoms with E-state index in [4.69, 9.17) is 9.72 Å². The summed E-state index contributed by atoms with van der Waals surface area (Å²) >= 11 is 1.76. The molecule has 1 amide bonds. The molecule has 4 rings (SSSR count). The molecule has 1 aliphatic heterocycles. The SMILES string of the molecule is COc1ccccc1CCC(=O)N1CCN(Cc2nc3ccccc3s2)CC1. The third kappa shape index (κ3) is 4.34. The Balaban J connectivity index is 1.27. The molecule has 0 radical (unpaired) electrons. The maximum atomic E-state index is 12.6. The van der Waals surface area contributed by atoms with Gasteiger partial charge in [-0.05, 0) is 30.2 Å². The third-order valence-corrected chi connectivity index (χ3v) is 6.24. The summed E-state index contributed by atoms with van der Waals surface area (Å²) in [5.74, 6) is 1.08. The molecule has 1 aliphatic rings. The number of para-hydroxylation sites is 2. The number of nitrogens with zero attached hydrogens (tertiary/aromatic N) is 3. The number of piperazine rings is 1. The Bertz CT molecular complexity index is 915. The van der Waals surface area contributed by atoms with Gasteiger partial charge in [-0.25, -0.2) is 4.98 Å². The highest BCUT2D eigenvalue weighted by atomic mass is 32.1. The minimum Gasteiger partial charge on any atom is -0.496 e. The van der Waals surface area contributed by atoms with Gasteiger partial charge in [0.2, 0.25) is 5.91 Å². The van der Waals surface area contributed by atoms with Gasteiger partial charge in [-0.3, -0.25) is 9.69 Å². The summed E-state index contributed by atoms with van der Waals surface area (Å²) in [6.07, 6.45) is 1.24. The monoisotopic (exact) mass is 395 g/mol. The summed E-state index contributed by atoms with van der Waals surface area (Å²) in [5.41, 5.74) is 2.17.